The molecule has 4 heteroatoms. The van der Waals surface area contributed by atoms with E-state index >= 15 is 0 Å². The van der Waals surface area contributed by atoms with E-state index in [0.29, 0.717) is 5.82 Å². The molecule has 56 heavy (non-hydrogen) atoms. The fourth-order valence-corrected chi connectivity index (χ4v) is 7.98. The summed E-state index contributed by atoms with van der Waals surface area (Å²) in [6, 6.07) is 67.3. The number of furan rings is 2. The summed E-state index contributed by atoms with van der Waals surface area (Å²) in [6.07, 6.45) is 0. The Balaban J connectivity index is 1.15. The molecule has 0 saturated carbocycles. The van der Waals surface area contributed by atoms with Crippen LogP contribution in [-0.2, 0) is 0 Å². The molecular formula is C52H32N2O2. The average Bonchev–Trinajstić information content (AvgIpc) is 3.85. The largest absolute Gasteiger partial charge is 0.456 e. The van der Waals surface area contributed by atoms with Gasteiger partial charge in [0.05, 0.1) is 11.4 Å². The first-order valence-electron chi connectivity index (χ1n) is 18.8. The molecule has 0 saturated heterocycles. The van der Waals surface area contributed by atoms with Crippen LogP contribution in [0.15, 0.2) is 203 Å². The van der Waals surface area contributed by atoms with E-state index in [9.17, 15) is 0 Å². The maximum absolute atomic E-state index is 6.76. The first kappa shape index (κ1) is 31.9. The zero-order valence-corrected chi connectivity index (χ0v) is 30.2. The summed E-state index contributed by atoms with van der Waals surface area (Å²) in [5, 5.41) is 4.24. The Hall–Kier alpha value is -7.56. The predicted octanol–water partition coefficient (Wildman–Crippen LogP) is 14.3. The highest BCUT2D eigenvalue weighted by atomic mass is 16.3. The Bertz CT molecular complexity index is 3180. The monoisotopic (exact) mass is 716 g/mol. The van der Waals surface area contributed by atoms with E-state index in [2.05, 4.69) is 146 Å². The minimum atomic E-state index is 0.657. The van der Waals surface area contributed by atoms with Crippen LogP contribution in [0.1, 0.15) is 0 Å². The van der Waals surface area contributed by atoms with Crippen molar-refractivity contribution in [3.8, 4) is 67.3 Å². The summed E-state index contributed by atoms with van der Waals surface area (Å²) >= 11 is 0. The Morgan fingerprint density at radius 2 is 0.839 bits per heavy atom. The van der Waals surface area contributed by atoms with Gasteiger partial charge in [-0.15, -0.1) is 0 Å². The Kier molecular flexibility index (Phi) is 7.46. The minimum absolute atomic E-state index is 0.657. The molecule has 0 bridgehead atoms. The van der Waals surface area contributed by atoms with Crippen molar-refractivity contribution < 1.29 is 8.83 Å². The van der Waals surface area contributed by atoms with Crippen LogP contribution in [0.2, 0.25) is 0 Å². The SMILES string of the molecule is c1ccc(-c2cc(-c3ccccc3)cc(-c3cc(-c4ccc(-c5ccc6c(c5)oc5ccccc56)c5oc6ccccc6c45)nc(-c4ccccc4)n3)c2)cc1. The molecule has 0 fully saturated rings. The van der Waals surface area contributed by atoms with Gasteiger partial charge in [-0.2, -0.15) is 0 Å². The van der Waals surface area contributed by atoms with Gasteiger partial charge in [-0.1, -0.05) is 140 Å². The summed E-state index contributed by atoms with van der Waals surface area (Å²) in [5.74, 6) is 0.657. The van der Waals surface area contributed by atoms with Crippen LogP contribution in [-0.4, -0.2) is 9.97 Å². The normalized spacial score (nSPS) is 11.6. The average molecular weight is 717 g/mol. The van der Waals surface area contributed by atoms with Gasteiger partial charge in [-0.3, -0.25) is 0 Å². The summed E-state index contributed by atoms with van der Waals surface area (Å²) in [5.41, 5.74) is 14.5. The van der Waals surface area contributed by atoms with Crippen molar-refractivity contribution in [2.75, 3.05) is 0 Å². The smallest absolute Gasteiger partial charge is 0.160 e. The number of aromatic nitrogens is 2. The van der Waals surface area contributed by atoms with Crippen molar-refractivity contribution in [1.82, 2.24) is 9.97 Å². The van der Waals surface area contributed by atoms with E-state index < -0.39 is 0 Å². The van der Waals surface area contributed by atoms with Gasteiger partial charge in [0.25, 0.3) is 0 Å². The summed E-state index contributed by atoms with van der Waals surface area (Å²) in [4.78, 5) is 10.6. The van der Waals surface area contributed by atoms with Crippen molar-refractivity contribution in [3.63, 3.8) is 0 Å². The van der Waals surface area contributed by atoms with Crippen LogP contribution in [0.4, 0.5) is 0 Å². The van der Waals surface area contributed by atoms with E-state index in [0.717, 1.165) is 105 Å². The fraction of sp³-hybridized carbons (Fsp3) is 0. The van der Waals surface area contributed by atoms with Crippen molar-refractivity contribution in [2.24, 2.45) is 0 Å². The summed E-state index contributed by atoms with van der Waals surface area (Å²) < 4.78 is 13.1. The molecule has 0 radical (unpaired) electrons. The van der Waals surface area contributed by atoms with Gasteiger partial charge in [-0.25, -0.2) is 9.97 Å². The van der Waals surface area contributed by atoms with Crippen molar-refractivity contribution in [1.29, 1.82) is 0 Å². The lowest BCUT2D eigenvalue weighted by molar-refractivity contribution is 0.668. The molecule has 3 heterocycles. The third-order valence-electron chi connectivity index (χ3n) is 10.7. The molecular weight excluding hydrogens is 685 g/mol. The molecule has 0 N–H and O–H groups in total. The summed E-state index contributed by atoms with van der Waals surface area (Å²) in [6.45, 7) is 0. The molecule has 0 aliphatic heterocycles. The number of benzene rings is 8. The highest BCUT2D eigenvalue weighted by molar-refractivity contribution is 6.16. The third kappa shape index (κ3) is 5.47. The highest BCUT2D eigenvalue weighted by Gasteiger charge is 2.21. The third-order valence-corrected chi connectivity index (χ3v) is 10.7. The van der Waals surface area contributed by atoms with Crippen molar-refractivity contribution in [3.05, 3.63) is 194 Å². The van der Waals surface area contributed by atoms with Crippen LogP contribution in [0.5, 0.6) is 0 Å². The topological polar surface area (TPSA) is 52.1 Å². The maximum Gasteiger partial charge on any atom is 0.160 e. The molecule has 0 aliphatic carbocycles. The molecule has 3 aromatic heterocycles. The first-order valence-corrected chi connectivity index (χ1v) is 18.8. The second kappa shape index (κ2) is 13.1. The number of para-hydroxylation sites is 2. The number of rotatable bonds is 6. The Labute approximate surface area is 323 Å². The zero-order valence-electron chi connectivity index (χ0n) is 30.2. The van der Waals surface area contributed by atoms with E-state index in [1.54, 1.807) is 0 Å². The highest BCUT2D eigenvalue weighted by Crippen LogP contribution is 2.44. The Morgan fingerprint density at radius 1 is 0.304 bits per heavy atom. The first-order chi connectivity index (χ1) is 27.7. The molecule has 0 spiro atoms. The van der Waals surface area contributed by atoms with Crippen LogP contribution in [0, 0.1) is 0 Å². The molecule has 11 rings (SSSR count). The minimum Gasteiger partial charge on any atom is -0.456 e. The fourth-order valence-electron chi connectivity index (χ4n) is 7.98. The standard InChI is InChI=1S/C52H32N2O2/c1-4-14-33(15-5-1)37-28-38(34-16-6-2-7-17-34)30-39(29-37)45-32-46(54-52(53-45)35-18-8-3-9-19-35)43-27-26-40(51-50(43)44-21-11-13-23-48(44)56-51)36-24-25-42-41-20-10-12-22-47(41)55-49(42)31-36/h1-32H. The second-order valence-electron chi connectivity index (χ2n) is 14.1. The van der Waals surface area contributed by atoms with Gasteiger partial charge in [0, 0.05) is 43.8 Å². The van der Waals surface area contributed by atoms with Gasteiger partial charge in [0.15, 0.2) is 5.82 Å². The lowest BCUT2D eigenvalue weighted by Gasteiger charge is -2.14. The van der Waals surface area contributed by atoms with E-state index in [4.69, 9.17) is 18.8 Å². The molecule has 8 aromatic carbocycles. The number of hydrogen-bond donors (Lipinski definition) is 0. The van der Waals surface area contributed by atoms with Crippen molar-refractivity contribution in [2.45, 2.75) is 0 Å². The van der Waals surface area contributed by atoms with Crippen molar-refractivity contribution >= 4 is 43.9 Å². The quantitative estimate of drug-likeness (QED) is 0.172. The van der Waals surface area contributed by atoms with Gasteiger partial charge < -0.3 is 8.83 Å². The van der Waals surface area contributed by atoms with Crippen LogP contribution in [0.3, 0.4) is 0 Å². The molecule has 0 unspecified atom stereocenters. The predicted molar refractivity (Wildman–Crippen MR) is 229 cm³/mol. The molecule has 262 valence electrons. The maximum atomic E-state index is 6.76. The molecule has 0 aliphatic rings. The van der Waals surface area contributed by atoms with Gasteiger partial charge in [0.1, 0.15) is 22.3 Å². The van der Waals surface area contributed by atoms with E-state index in [-0.39, 0.29) is 0 Å². The van der Waals surface area contributed by atoms with Gasteiger partial charge in [0.2, 0.25) is 0 Å². The Morgan fingerprint density at radius 3 is 1.54 bits per heavy atom. The van der Waals surface area contributed by atoms with E-state index in [1.807, 2.05) is 48.5 Å². The number of hydrogen-bond acceptors (Lipinski definition) is 4. The molecule has 11 aromatic rings. The number of fused-ring (bicyclic) bond motifs is 6. The van der Waals surface area contributed by atoms with Crippen LogP contribution >= 0.6 is 0 Å². The molecule has 0 atom stereocenters. The van der Waals surface area contributed by atoms with Crippen LogP contribution in [0.25, 0.3) is 111 Å². The zero-order chi connectivity index (χ0) is 37.0. The molecule has 4 nitrogen and oxygen atoms in total. The van der Waals surface area contributed by atoms with E-state index in [1.165, 1.54) is 0 Å². The van der Waals surface area contributed by atoms with Gasteiger partial charge in [-0.05, 0) is 82.4 Å². The lowest BCUT2D eigenvalue weighted by atomic mass is 9.93. The second-order valence-corrected chi connectivity index (χ2v) is 14.1. The molecule has 0 amide bonds. The van der Waals surface area contributed by atoms with Gasteiger partial charge >= 0.3 is 0 Å². The number of nitrogens with zero attached hydrogens (tertiary/aromatic N) is 2. The lowest BCUT2D eigenvalue weighted by Crippen LogP contribution is -1.97. The summed E-state index contributed by atoms with van der Waals surface area (Å²) in [7, 11) is 0. The van der Waals surface area contributed by atoms with Crippen LogP contribution < -0.4 is 0 Å².